The van der Waals surface area contributed by atoms with E-state index in [0.717, 1.165) is 11.1 Å². The van der Waals surface area contributed by atoms with E-state index in [0.29, 0.717) is 35.7 Å². The van der Waals surface area contributed by atoms with Gasteiger partial charge in [-0.15, -0.1) is 0 Å². The minimum atomic E-state index is -3.48. The van der Waals surface area contributed by atoms with E-state index in [1.165, 1.54) is 4.31 Å². The molecule has 0 bridgehead atoms. The first kappa shape index (κ1) is 30.3. The first-order valence-corrected chi connectivity index (χ1v) is 15.6. The lowest BCUT2D eigenvalue weighted by Gasteiger charge is -2.52. The van der Waals surface area contributed by atoms with Crippen LogP contribution in [0.2, 0.25) is 10.0 Å². The average Bonchev–Trinajstić information content (AvgIpc) is 3.76. The van der Waals surface area contributed by atoms with Crippen LogP contribution < -0.4 is 5.32 Å². The van der Waals surface area contributed by atoms with Gasteiger partial charge in [0.1, 0.15) is 0 Å². The summed E-state index contributed by atoms with van der Waals surface area (Å²) in [6.07, 6.45) is 3.56. The Kier molecular flexibility index (Phi) is 9.15. The van der Waals surface area contributed by atoms with E-state index in [1.54, 1.807) is 43.3 Å². The van der Waals surface area contributed by atoms with Crippen molar-refractivity contribution in [1.29, 1.82) is 5.26 Å². The van der Waals surface area contributed by atoms with Gasteiger partial charge < -0.3 is 4.90 Å². The molecule has 2 aromatic carbocycles. The standard InChI is InChI=1S/C29H34Cl2N4O4S/c1-4-23(17-34(3)40(38,39)24-12-13-24)35-27(19-8-10-21(30)11-9-19)25(20-6-5-7-22(31)14-20)15-29(2,28(35)37)16-26(36)33-18-32/h5-11,14,23-25,27H,4,12-13,15-17H2,1-3H3,(H,33,36). The van der Waals surface area contributed by atoms with E-state index < -0.39 is 33.4 Å². The Labute approximate surface area is 246 Å². The first-order valence-electron chi connectivity index (χ1n) is 13.4. The van der Waals surface area contributed by atoms with Crippen LogP contribution >= 0.6 is 23.2 Å². The van der Waals surface area contributed by atoms with Gasteiger partial charge in [0.05, 0.1) is 16.7 Å². The van der Waals surface area contributed by atoms with Crippen molar-refractivity contribution >= 4 is 45.0 Å². The van der Waals surface area contributed by atoms with Gasteiger partial charge in [-0.2, -0.15) is 5.26 Å². The lowest BCUT2D eigenvalue weighted by atomic mass is 9.67. The van der Waals surface area contributed by atoms with Crippen molar-refractivity contribution in [3.8, 4) is 6.19 Å². The molecule has 1 aliphatic heterocycles. The van der Waals surface area contributed by atoms with Crippen molar-refractivity contribution in [2.24, 2.45) is 5.41 Å². The second-order valence-electron chi connectivity index (χ2n) is 11.1. The summed E-state index contributed by atoms with van der Waals surface area (Å²) in [5.74, 6) is -1.09. The molecule has 8 nitrogen and oxygen atoms in total. The number of hydrogen-bond acceptors (Lipinski definition) is 5. The number of halogens is 2. The summed E-state index contributed by atoms with van der Waals surface area (Å²) in [7, 11) is -1.92. The molecule has 2 amide bonds. The Morgan fingerprint density at radius 1 is 1.18 bits per heavy atom. The van der Waals surface area contributed by atoms with Crippen molar-refractivity contribution in [3.05, 3.63) is 69.7 Å². The molecule has 1 saturated heterocycles. The number of carbonyl (C=O) groups excluding carboxylic acids is 2. The summed E-state index contributed by atoms with van der Waals surface area (Å²) in [5.41, 5.74) is 0.584. The highest BCUT2D eigenvalue weighted by Gasteiger charge is 2.52. The number of hydrogen-bond donors (Lipinski definition) is 1. The number of piperidine rings is 1. The van der Waals surface area contributed by atoms with Crippen LogP contribution in [-0.4, -0.2) is 54.3 Å². The number of nitrogens with zero attached hydrogens (tertiary/aromatic N) is 3. The lowest BCUT2D eigenvalue weighted by molar-refractivity contribution is -0.157. The monoisotopic (exact) mass is 604 g/mol. The second kappa shape index (κ2) is 12.1. The molecule has 4 unspecified atom stereocenters. The second-order valence-corrected chi connectivity index (χ2v) is 14.3. The minimum absolute atomic E-state index is 0.119. The van der Waals surface area contributed by atoms with E-state index in [1.807, 2.05) is 37.3 Å². The summed E-state index contributed by atoms with van der Waals surface area (Å²) in [6, 6.07) is 13.8. The SMILES string of the molecule is CCC(CN(C)S(=O)(=O)C1CC1)N1C(=O)C(C)(CC(=O)NC#N)CC(c2cccc(Cl)c2)C1c1ccc(Cl)cc1. The average molecular weight is 606 g/mol. The normalized spacial score (nSPS) is 24.0. The Morgan fingerprint density at radius 2 is 1.85 bits per heavy atom. The number of rotatable bonds is 10. The number of nitriles is 1. The molecule has 1 saturated carbocycles. The van der Waals surface area contributed by atoms with Crippen molar-refractivity contribution in [2.45, 2.75) is 69.2 Å². The minimum Gasteiger partial charge on any atom is -0.330 e. The third-order valence-corrected chi connectivity index (χ3v) is 10.9. The zero-order valence-electron chi connectivity index (χ0n) is 22.8. The topological polar surface area (TPSA) is 111 Å². The highest BCUT2D eigenvalue weighted by atomic mass is 35.5. The molecule has 0 spiro atoms. The number of amides is 2. The highest BCUT2D eigenvalue weighted by Crippen LogP contribution is 2.52. The third kappa shape index (κ3) is 6.31. The molecule has 0 aromatic heterocycles. The van der Waals surface area contributed by atoms with E-state index in [2.05, 4.69) is 5.32 Å². The number of likely N-dealkylation sites (N-methyl/N-ethyl adjacent to an activating group) is 1. The van der Waals surface area contributed by atoms with Gasteiger partial charge in [-0.05, 0) is 61.1 Å². The van der Waals surface area contributed by atoms with Gasteiger partial charge in [0.2, 0.25) is 21.8 Å². The van der Waals surface area contributed by atoms with Crippen LogP contribution in [0.3, 0.4) is 0 Å². The number of carbonyl (C=O) groups is 2. The van der Waals surface area contributed by atoms with Gasteiger partial charge >= 0.3 is 0 Å². The molecule has 4 atom stereocenters. The Balaban J connectivity index is 1.86. The van der Waals surface area contributed by atoms with Crippen LogP contribution in [0.5, 0.6) is 0 Å². The molecule has 1 aliphatic carbocycles. The van der Waals surface area contributed by atoms with Crippen molar-refractivity contribution in [3.63, 3.8) is 0 Å². The summed E-state index contributed by atoms with van der Waals surface area (Å²) in [6.45, 7) is 3.79. The van der Waals surface area contributed by atoms with Crippen LogP contribution in [-0.2, 0) is 19.6 Å². The van der Waals surface area contributed by atoms with Crippen LogP contribution in [0, 0.1) is 16.9 Å². The first-order chi connectivity index (χ1) is 18.9. The molecule has 2 fully saturated rings. The summed E-state index contributed by atoms with van der Waals surface area (Å²) in [4.78, 5) is 28.9. The molecule has 214 valence electrons. The zero-order chi connectivity index (χ0) is 29.2. The van der Waals surface area contributed by atoms with E-state index >= 15 is 0 Å². The third-order valence-electron chi connectivity index (χ3n) is 8.05. The smallest absolute Gasteiger partial charge is 0.234 e. The van der Waals surface area contributed by atoms with Gasteiger partial charge in [-0.1, -0.05) is 61.3 Å². The molecule has 4 rings (SSSR count). The molecular weight excluding hydrogens is 571 g/mol. The number of nitrogens with one attached hydrogen (secondary N) is 1. The van der Waals surface area contributed by atoms with E-state index in [9.17, 15) is 18.0 Å². The molecule has 0 radical (unpaired) electrons. The maximum Gasteiger partial charge on any atom is 0.234 e. The Morgan fingerprint density at radius 3 is 2.42 bits per heavy atom. The predicted molar refractivity (Wildman–Crippen MR) is 155 cm³/mol. The highest BCUT2D eigenvalue weighted by molar-refractivity contribution is 7.90. The molecular formula is C29H34Cl2N4O4S. The molecule has 40 heavy (non-hydrogen) atoms. The molecule has 1 heterocycles. The zero-order valence-corrected chi connectivity index (χ0v) is 25.1. The number of sulfonamides is 1. The van der Waals surface area contributed by atoms with Gasteiger partial charge in [0, 0.05) is 42.0 Å². The predicted octanol–water partition coefficient (Wildman–Crippen LogP) is 5.25. The summed E-state index contributed by atoms with van der Waals surface area (Å²) < 4.78 is 27.5. The molecule has 11 heteroatoms. The van der Waals surface area contributed by atoms with Crippen molar-refractivity contribution < 1.29 is 18.0 Å². The maximum absolute atomic E-state index is 14.5. The summed E-state index contributed by atoms with van der Waals surface area (Å²) >= 11 is 12.6. The van der Waals surface area contributed by atoms with Crippen LogP contribution in [0.4, 0.5) is 0 Å². The molecule has 2 aromatic rings. The van der Waals surface area contributed by atoms with Crippen molar-refractivity contribution in [2.75, 3.05) is 13.6 Å². The van der Waals surface area contributed by atoms with E-state index in [4.69, 9.17) is 28.5 Å². The fraction of sp³-hybridized carbons (Fsp3) is 0.483. The lowest BCUT2D eigenvalue weighted by Crippen LogP contribution is -2.58. The van der Waals surface area contributed by atoms with Crippen LogP contribution in [0.25, 0.3) is 0 Å². The Hall–Kier alpha value is -2.64. The van der Waals surface area contributed by atoms with E-state index in [-0.39, 0.29) is 30.0 Å². The number of likely N-dealkylation sites (tertiary alicyclic amines) is 1. The van der Waals surface area contributed by atoms with Crippen LogP contribution in [0.15, 0.2) is 48.5 Å². The largest absolute Gasteiger partial charge is 0.330 e. The van der Waals surface area contributed by atoms with Gasteiger partial charge in [-0.3, -0.25) is 14.9 Å². The van der Waals surface area contributed by atoms with Gasteiger partial charge in [0.15, 0.2) is 6.19 Å². The molecule has 1 N–H and O–H groups in total. The fourth-order valence-electron chi connectivity index (χ4n) is 5.84. The fourth-order valence-corrected chi connectivity index (χ4v) is 7.79. The van der Waals surface area contributed by atoms with Crippen LogP contribution in [0.1, 0.15) is 69.0 Å². The molecule has 2 aliphatic rings. The maximum atomic E-state index is 14.5. The van der Waals surface area contributed by atoms with Gasteiger partial charge in [0.25, 0.3) is 0 Å². The quantitative estimate of drug-likeness (QED) is 0.294. The van der Waals surface area contributed by atoms with Gasteiger partial charge in [-0.25, -0.2) is 12.7 Å². The Bertz CT molecular complexity index is 1410. The van der Waals surface area contributed by atoms with Crippen molar-refractivity contribution in [1.82, 2.24) is 14.5 Å². The number of benzene rings is 2. The summed E-state index contributed by atoms with van der Waals surface area (Å²) in [5, 5.41) is 11.9.